The molecule has 0 aromatic carbocycles. The highest BCUT2D eigenvalue weighted by Gasteiger charge is 2.12. The Labute approximate surface area is 99.0 Å². The lowest BCUT2D eigenvalue weighted by atomic mass is 10.3. The van der Waals surface area contributed by atoms with Crippen LogP contribution in [0.15, 0.2) is 12.4 Å². The molecule has 5 nitrogen and oxygen atoms in total. The van der Waals surface area contributed by atoms with Crippen molar-refractivity contribution >= 4 is 11.6 Å². The van der Waals surface area contributed by atoms with Gasteiger partial charge in [0.05, 0.1) is 23.5 Å². The molecule has 1 unspecified atom stereocenters. The Morgan fingerprint density at radius 2 is 2.19 bits per heavy atom. The van der Waals surface area contributed by atoms with Crippen molar-refractivity contribution in [2.45, 2.75) is 25.6 Å². The van der Waals surface area contributed by atoms with E-state index in [-0.39, 0.29) is 5.38 Å². The zero-order valence-electron chi connectivity index (χ0n) is 9.55. The fraction of sp³-hybridized carbons (Fsp3) is 0.500. The first-order valence-electron chi connectivity index (χ1n) is 5.21. The minimum atomic E-state index is -0.129. The monoisotopic (exact) mass is 239 g/mol. The molecule has 2 aromatic heterocycles. The molecule has 0 aliphatic carbocycles. The first kappa shape index (κ1) is 11.1. The lowest BCUT2D eigenvalue weighted by Gasteiger charge is -1.97. The number of halogens is 1. The summed E-state index contributed by atoms with van der Waals surface area (Å²) < 4.78 is 3.50. The molecule has 16 heavy (non-hydrogen) atoms. The van der Waals surface area contributed by atoms with Crippen LogP contribution in [0, 0.1) is 0 Å². The topological polar surface area (TPSA) is 48.5 Å². The number of alkyl halides is 1. The second kappa shape index (κ2) is 4.25. The van der Waals surface area contributed by atoms with Crippen LogP contribution >= 0.6 is 11.6 Å². The predicted octanol–water partition coefficient (Wildman–Crippen LogP) is 1.86. The second-order valence-electron chi connectivity index (χ2n) is 3.69. The molecule has 0 bridgehead atoms. The second-order valence-corrected chi connectivity index (χ2v) is 4.35. The third kappa shape index (κ3) is 1.95. The van der Waals surface area contributed by atoms with Crippen LogP contribution in [-0.2, 0) is 13.5 Å². The van der Waals surface area contributed by atoms with E-state index >= 15 is 0 Å². The van der Waals surface area contributed by atoms with Gasteiger partial charge in [-0.1, -0.05) is 12.1 Å². The molecule has 0 amide bonds. The molecule has 0 saturated carbocycles. The largest absolute Gasteiger partial charge is 0.273 e. The van der Waals surface area contributed by atoms with E-state index in [9.17, 15) is 0 Å². The number of hydrogen-bond donors (Lipinski definition) is 0. The lowest BCUT2D eigenvalue weighted by Crippen LogP contribution is -1.97. The molecule has 2 aromatic rings. The van der Waals surface area contributed by atoms with Crippen molar-refractivity contribution in [2.75, 3.05) is 0 Å². The average Bonchev–Trinajstić information content (AvgIpc) is 2.82. The highest BCUT2D eigenvalue weighted by atomic mass is 35.5. The number of aryl methyl sites for hydroxylation is 2. The van der Waals surface area contributed by atoms with E-state index in [2.05, 4.69) is 22.3 Å². The van der Waals surface area contributed by atoms with Crippen LogP contribution in [-0.4, -0.2) is 24.8 Å². The Hall–Kier alpha value is -1.36. The Bertz CT molecular complexity index is 485. The highest BCUT2D eigenvalue weighted by Crippen LogP contribution is 2.18. The van der Waals surface area contributed by atoms with E-state index in [1.54, 1.807) is 9.36 Å². The first-order valence-corrected chi connectivity index (χ1v) is 5.64. The molecule has 0 N–H and O–H groups in total. The third-order valence-electron chi connectivity index (χ3n) is 2.38. The summed E-state index contributed by atoms with van der Waals surface area (Å²) in [6, 6.07) is 0. The fourth-order valence-corrected chi connectivity index (χ4v) is 1.64. The van der Waals surface area contributed by atoms with Crippen LogP contribution in [0.2, 0.25) is 0 Å². The fourth-order valence-electron chi connectivity index (χ4n) is 1.54. The zero-order chi connectivity index (χ0) is 11.7. The molecular weight excluding hydrogens is 226 g/mol. The van der Waals surface area contributed by atoms with Crippen molar-refractivity contribution in [1.29, 1.82) is 0 Å². The number of aromatic nitrogens is 5. The Balaban J connectivity index is 2.41. The highest BCUT2D eigenvalue weighted by molar-refractivity contribution is 6.20. The summed E-state index contributed by atoms with van der Waals surface area (Å²) in [4.78, 5) is 0. The van der Waals surface area contributed by atoms with E-state index in [4.69, 9.17) is 11.6 Å². The molecule has 6 heteroatoms. The molecule has 0 radical (unpaired) electrons. The van der Waals surface area contributed by atoms with Gasteiger partial charge < -0.3 is 0 Å². The summed E-state index contributed by atoms with van der Waals surface area (Å²) in [7, 11) is 1.89. The maximum absolute atomic E-state index is 5.95. The molecular formula is C10H14ClN5. The van der Waals surface area contributed by atoms with Gasteiger partial charge in [-0.3, -0.25) is 4.68 Å². The maximum atomic E-state index is 5.95. The van der Waals surface area contributed by atoms with Gasteiger partial charge in [0, 0.05) is 7.05 Å². The van der Waals surface area contributed by atoms with Gasteiger partial charge in [-0.05, 0) is 13.3 Å². The predicted molar refractivity (Wildman–Crippen MR) is 61.8 cm³/mol. The van der Waals surface area contributed by atoms with Gasteiger partial charge in [0.1, 0.15) is 11.4 Å². The maximum Gasteiger partial charge on any atom is 0.107 e. The number of hydrogen-bond acceptors (Lipinski definition) is 3. The smallest absolute Gasteiger partial charge is 0.107 e. The van der Waals surface area contributed by atoms with Crippen molar-refractivity contribution in [2.24, 2.45) is 7.05 Å². The Kier molecular flexibility index (Phi) is 2.96. The Morgan fingerprint density at radius 1 is 1.44 bits per heavy atom. The minimum Gasteiger partial charge on any atom is -0.273 e. The van der Waals surface area contributed by atoms with Crippen LogP contribution in [0.1, 0.15) is 30.6 Å². The van der Waals surface area contributed by atoms with E-state index < -0.39 is 0 Å². The first-order chi connectivity index (χ1) is 7.61. The number of nitrogens with zero attached hydrogens (tertiary/aromatic N) is 5. The number of rotatable bonds is 3. The molecule has 2 heterocycles. The van der Waals surface area contributed by atoms with Gasteiger partial charge in [0.15, 0.2) is 0 Å². The normalized spacial score (nSPS) is 13.0. The summed E-state index contributed by atoms with van der Waals surface area (Å²) in [6.45, 7) is 3.94. The molecule has 2 rings (SSSR count). The molecule has 1 atom stereocenters. The molecule has 0 aliphatic rings. The van der Waals surface area contributed by atoms with Gasteiger partial charge in [-0.25, -0.2) is 4.68 Å². The van der Waals surface area contributed by atoms with E-state index in [0.29, 0.717) is 0 Å². The minimum absolute atomic E-state index is 0.129. The van der Waals surface area contributed by atoms with Gasteiger partial charge in [-0.2, -0.15) is 5.10 Å². The Morgan fingerprint density at radius 3 is 2.75 bits per heavy atom. The van der Waals surface area contributed by atoms with Gasteiger partial charge in [0.25, 0.3) is 0 Å². The summed E-state index contributed by atoms with van der Waals surface area (Å²) in [5.41, 5.74) is 2.73. The van der Waals surface area contributed by atoms with E-state index in [1.807, 2.05) is 26.4 Å². The van der Waals surface area contributed by atoms with Gasteiger partial charge in [-0.15, -0.1) is 16.7 Å². The molecule has 0 spiro atoms. The molecule has 86 valence electrons. The standard InChI is InChI=1S/C10H14ClN5/c1-4-8-10(6-15(3)13-8)16-5-9(7(2)11)12-14-16/h5-7H,4H2,1-3H3. The summed E-state index contributed by atoms with van der Waals surface area (Å²) >= 11 is 5.95. The molecule has 0 fully saturated rings. The average molecular weight is 240 g/mol. The molecule has 0 saturated heterocycles. The summed E-state index contributed by atoms with van der Waals surface area (Å²) in [5.74, 6) is 0. The van der Waals surface area contributed by atoms with Crippen LogP contribution in [0.4, 0.5) is 0 Å². The van der Waals surface area contributed by atoms with Gasteiger partial charge >= 0.3 is 0 Å². The van der Waals surface area contributed by atoms with E-state index in [0.717, 1.165) is 23.5 Å². The van der Waals surface area contributed by atoms with Crippen molar-refractivity contribution in [1.82, 2.24) is 24.8 Å². The van der Waals surface area contributed by atoms with E-state index in [1.165, 1.54) is 0 Å². The molecule has 0 aliphatic heterocycles. The van der Waals surface area contributed by atoms with Crippen LogP contribution in [0.5, 0.6) is 0 Å². The third-order valence-corrected chi connectivity index (χ3v) is 2.61. The quantitative estimate of drug-likeness (QED) is 0.769. The SMILES string of the molecule is CCc1nn(C)cc1-n1cc(C(C)Cl)nn1. The van der Waals surface area contributed by atoms with Crippen LogP contribution in [0.3, 0.4) is 0 Å². The van der Waals surface area contributed by atoms with Crippen LogP contribution in [0.25, 0.3) is 5.69 Å². The summed E-state index contributed by atoms with van der Waals surface area (Å²) in [6.07, 6.45) is 4.63. The van der Waals surface area contributed by atoms with Crippen molar-refractivity contribution in [3.63, 3.8) is 0 Å². The summed E-state index contributed by atoms with van der Waals surface area (Å²) in [5, 5.41) is 12.3. The van der Waals surface area contributed by atoms with Crippen LogP contribution < -0.4 is 0 Å². The van der Waals surface area contributed by atoms with Gasteiger partial charge in [0.2, 0.25) is 0 Å². The zero-order valence-corrected chi connectivity index (χ0v) is 10.3. The lowest BCUT2D eigenvalue weighted by molar-refractivity contribution is 0.746. The van der Waals surface area contributed by atoms with Crippen molar-refractivity contribution in [3.05, 3.63) is 23.8 Å². The van der Waals surface area contributed by atoms with Crippen molar-refractivity contribution < 1.29 is 0 Å². The van der Waals surface area contributed by atoms with Crippen molar-refractivity contribution in [3.8, 4) is 5.69 Å².